The molecule has 0 bridgehead atoms. The van der Waals surface area contributed by atoms with Gasteiger partial charge in [-0.1, -0.05) is 24.3 Å². The summed E-state index contributed by atoms with van der Waals surface area (Å²) in [5.74, 6) is -0.945. The van der Waals surface area contributed by atoms with Crippen LogP contribution in [0.5, 0.6) is 0 Å². The summed E-state index contributed by atoms with van der Waals surface area (Å²) in [7, 11) is 0. The number of hydroxylamine groups is 1. The zero-order valence-electron chi connectivity index (χ0n) is 7.90. The van der Waals surface area contributed by atoms with Gasteiger partial charge in [0.25, 0.3) is 0 Å². The Hall–Kier alpha value is -1.39. The van der Waals surface area contributed by atoms with Gasteiger partial charge >= 0.3 is 5.97 Å². The standard InChI is InChI=1S/C10H13NO3/c1-7-4-2-3-5-8(7)9(11-14)6-10(12)13/h2-5,9,11,14H,6H2,1H3,(H,12,13). The monoisotopic (exact) mass is 195 g/mol. The normalized spacial score (nSPS) is 12.4. The second-order valence-corrected chi connectivity index (χ2v) is 3.14. The van der Waals surface area contributed by atoms with Gasteiger partial charge in [0.15, 0.2) is 0 Å². The highest BCUT2D eigenvalue weighted by atomic mass is 16.5. The number of aliphatic carboxylic acids is 1. The number of benzene rings is 1. The van der Waals surface area contributed by atoms with E-state index in [1.165, 1.54) is 0 Å². The molecule has 0 amide bonds. The number of hydrogen-bond acceptors (Lipinski definition) is 3. The smallest absolute Gasteiger partial charge is 0.305 e. The first kappa shape index (κ1) is 10.7. The Kier molecular flexibility index (Phi) is 3.62. The predicted molar refractivity (Wildman–Crippen MR) is 51.1 cm³/mol. The third-order valence-corrected chi connectivity index (χ3v) is 2.10. The SMILES string of the molecule is Cc1ccccc1C(CC(=O)O)NO. The Bertz CT molecular complexity index is 325. The van der Waals surface area contributed by atoms with E-state index in [2.05, 4.69) is 0 Å². The summed E-state index contributed by atoms with van der Waals surface area (Å²) < 4.78 is 0. The molecule has 0 fully saturated rings. The van der Waals surface area contributed by atoms with Crippen LogP contribution in [0.25, 0.3) is 0 Å². The van der Waals surface area contributed by atoms with E-state index in [0.717, 1.165) is 11.1 Å². The molecule has 0 spiro atoms. The maximum absolute atomic E-state index is 10.5. The lowest BCUT2D eigenvalue weighted by Gasteiger charge is -2.15. The maximum Gasteiger partial charge on any atom is 0.305 e. The van der Waals surface area contributed by atoms with Gasteiger partial charge in [0, 0.05) is 0 Å². The van der Waals surface area contributed by atoms with E-state index in [-0.39, 0.29) is 6.42 Å². The predicted octanol–water partition coefficient (Wildman–Crippen LogP) is 1.49. The van der Waals surface area contributed by atoms with Crippen molar-refractivity contribution in [3.63, 3.8) is 0 Å². The summed E-state index contributed by atoms with van der Waals surface area (Å²) in [5.41, 5.74) is 3.77. The molecular formula is C10H13NO3. The molecule has 4 nitrogen and oxygen atoms in total. The van der Waals surface area contributed by atoms with Crippen LogP contribution in [0.15, 0.2) is 24.3 Å². The molecule has 0 aliphatic rings. The molecule has 0 saturated carbocycles. The lowest BCUT2D eigenvalue weighted by Crippen LogP contribution is -2.21. The minimum atomic E-state index is -0.945. The molecular weight excluding hydrogens is 182 g/mol. The molecule has 4 heteroatoms. The summed E-state index contributed by atoms with van der Waals surface area (Å²) in [6.45, 7) is 1.88. The van der Waals surface area contributed by atoms with Gasteiger partial charge in [0.05, 0.1) is 12.5 Å². The van der Waals surface area contributed by atoms with Crippen molar-refractivity contribution < 1.29 is 15.1 Å². The molecule has 1 unspecified atom stereocenters. The molecule has 0 radical (unpaired) electrons. The number of hydrogen-bond donors (Lipinski definition) is 3. The number of carboxylic acid groups (broad SMARTS) is 1. The molecule has 76 valence electrons. The molecule has 3 N–H and O–H groups in total. The fourth-order valence-corrected chi connectivity index (χ4v) is 1.38. The fourth-order valence-electron chi connectivity index (χ4n) is 1.38. The Labute approximate surface area is 82.1 Å². The van der Waals surface area contributed by atoms with Gasteiger partial charge in [-0.05, 0) is 18.1 Å². The van der Waals surface area contributed by atoms with Gasteiger partial charge in [-0.15, -0.1) is 0 Å². The van der Waals surface area contributed by atoms with Crippen LogP contribution in [-0.4, -0.2) is 16.3 Å². The van der Waals surface area contributed by atoms with E-state index < -0.39 is 12.0 Å². The second kappa shape index (κ2) is 4.74. The maximum atomic E-state index is 10.5. The topological polar surface area (TPSA) is 69.6 Å². The second-order valence-electron chi connectivity index (χ2n) is 3.14. The van der Waals surface area contributed by atoms with E-state index in [9.17, 15) is 4.79 Å². The molecule has 0 aliphatic heterocycles. The van der Waals surface area contributed by atoms with Crippen molar-refractivity contribution in [2.45, 2.75) is 19.4 Å². The summed E-state index contributed by atoms with van der Waals surface area (Å²) in [6, 6.07) is 6.81. The van der Waals surface area contributed by atoms with Gasteiger partial charge in [0.1, 0.15) is 0 Å². The van der Waals surface area contributed by atoms with Crippen LogP contribution in [0.1, 0.15) is 23.6 Å². The van der Waals surface area contributed by atoms with E-state index in [0.29, 0.717) is 0 Å². The highest BCUT2D eigenvalue weighted by Gasteiger charge is 2.15. The number of nitrogens with one attached hydrogen (secondary N) is 1. The molecule has 1 aromatic carbocycles. The Morgan fingerprint density at radius 3 is 2.64 bits per heavy atom. The van der Waals surface area contributed by atoms with Gasteiger partial charge in [-0.2, -0.15) is 5.48 Å². The third kappa shape index (κ3) is 2.55. The highest BCUT2D eigenvalue weighted by Crippen LogP contribution is 2.19. The third-order valence-electron chi connectivity index (χ3n) is 2.10. The van der Waals surface area contributed by atoms with Crippen molar-refractivity contribution in [1.29, 1.82) is 0 Å². The summed E-state index contributed by atoms with van der Waals surface area (Å²) in [4.78, 5) is 10.5. The van der Waals surface area contributed by atoms with Crippen LogP contribution in [0, 0.1) is 6.92 Å². The molecule has 1 rings (SSSR count). The van der Waals surface area contributed by atoms with Gasteiger partial charge in [0.2, 0.25) is 0 Å². The first-order valence-corrected chi connectivity index (χ1v) is 4.32. The molecule has 1 aromatic rings. The molecule has 1 atom stereocenters. The summed E-state index contributed by atoms with van der Waals surface area (Å²) in [5, 5.41) is 17.5. The van der Waals surface area contributed by atoms with Crippen LogP contribution < -0.4 is 5.48 Å². The summed E-state index contributed by atoms with van der Waals surface area (Å²) >= 11 is 0. The van der Waals surface area contributed by atoms with Crippen molar-refractivity contribution in [1.82, 2.24) is 5.48 Å². The van der Waals surface area contributed by atoms with E-state index in [1.807, 2.05) is 30.6 Å². The van der Waals surface area contributed by atoms with Crippen LogP contribution in [0.4, 0.5) is 0 Å². The van der Waals surface area contributed by atoms with Crippen molar-refractivity contribution in [3.8, 4) is 0 Å². The molecule has 0 heterocycles. The lowest BCUT2D eigenvalue weighted by atomic mass is 10.00. The van der Waals surface area contributed by atoms with E-state index >= 15 is 0 Å². The number of carbonyl (C=O) groups is 1. The highest BCUT2D eigenvalue weighted by molar-refractivity contribution is 5.68. The quantitative estimate of drug-likeness (QED) is 0.636. The number of carboxylic acids is 1. The van der Waals surface area contributed by atoms with Crippen LogP contribution in [0.3, 0.4) is 0 Å². The Morgan fingerprint density at radius 2 is 2.14 bits per heavy atom. The Morgan fingerprint density at radius 1 is 1.50 bits per heavy atom. The Balaban J connectivity index is 2.89. The van der Waals surface area contributed by atoms with Crippen LogP contribution in [-0.2, 0) is 4.79 Å². The molecule has 0 saturated heterocycles. The van der Waals surface area contributed by atoms with Crippen LogP contribution in [0.2, 0.25) is 0 Å². The first-order valence-electron chi connectivity index (χ1n) is 4.32. The zero-order chi connectivity index (χ0) is 10.6. The van der Waals surface area contributed by atoms with Crippen molar-refractivity contribution in [3.05, 3.63) is 35.4 Å². The minimum absolute atomic E-state index is 0.138. The first-order chi connectivity index (χ1) is 6.65. The zero-order valence-corrected chi connectivity index (χ0v) is 7.90. The van der Waals surface area contributed by atoms with Gasteiger partial charge in [-0.3, -0.25) is 4.79 Å². The van der Waals surface area contributed by atoms with Crippen molar-refractivity contribution in [2.75, 3.05) is 0 Å². The summed E-state index contributed by atoms with van der Waals surface area (Å²) in [6.07, 6.45) is -0.138. The fraction of sp³-hybridized carbons (Fsp3) is 0.300. The van der Waals surface area contributed by atoms with E-state index in [1.54, 1.807) is 6.07 Å². The van der Waals surface area contributed by atoms with Gasteiger partial charge < -0.3 is 10.3 Å². The minimum Gasteiger partial charge on any atom is -0.481 e. The van der Waals surface area contributed by atoms with Crippen molar-refractivity contribution >= 4 is 5.97 Å². The number of rotatable bonds is 4. The molecule has 0 aliphatic carbocycles. The lowest BCUT2D eigenvalue weighted by molar-refractivity contribution is -0.138. The average molecular weight is 195 g/mol. The van der Waals surface area contributed by atoms with Gasteiger partial charge in [-0.25, -0.2) is 0 Å². The van der Waals surface area contributed by atoms with E-state index in [4.69, 9.17) is 10.3 Å². The molecule has 14 heavy (non-hydrogen) atoms. The average Bonchev–Trinajstić information content (AvgIpc) is 2.15. The van der Waals surface area contributed by atoms with Crippen LogP contribution >= 0.6 is 0 Å². The molecule has 0 aromatic heterocycles. The largest absolute Gasteiger partial charge is 0.481 e. The van der Waals surface area contributed by atoms with Crippen molar-refractivity contribution in [2.24, 2.45) is 0 Å². The number of aryl methyl sites for hydroxylation is 1.